The van der Waals surface area contributed by atoms with Crippen LogP contribution >= 0.6 is 0 Å². The van der Waals surface area contributed by atoms with Crippen LogP contribution in [0.1, 0.15) is 0 Å². The Morgan fingerprint density at radius 1 is 2.00 bits per heavy atom. The zero-order valence-corrected chi connectivity index (χ0v) is 4.59. The van der Waals surface area contributed by atoms with Crippen molar-refractivity contribution in [1.29, 1.82) is 0 Å². The van der Waals surface area contributed by atoms with E-state index in [1.807, 2.05) is 6.55 Å². The Morgan fingerprint density at radius 3 is 2.60 bits per heavy atom. The van der Waals surface area contributed by atoms with Gasteiger partial charge in [-0.1, -0.05) is 6.55 Å². The summed E-state index contributed by atoms with van der Waals surface area (Å²) in [5.41, 5.74) is 0. The highest BCUT2D eigenvalue weighted by molar-refractivity contribution is 6.66. The van der Waals surface area contributed by atoms with E-state index < -0.39 is 0 Å². The number of nitrogens with zero attached hydrogens (tertiary/aromatic N) is 1. The molecule has 0 fully saturated rings. The standard InChI is InChI=1S/C2H7NOSi/c1-5-2-3-4/h2,4H,5H2,1H3. The van der Waals surface area contributed by atoms with Crippen LogP contribution in [0.4, 0.5) is 0 Å². The molecule has 0 saturated heterocycles. The molecular formula is C2H7NOSi. The molecule has 0 saturated carbocycles. The summed E-state index contributed by atoms with van der Waals surface area (Å²) in [4.78, 5) is 0. The van der Waals surface area contributed by atoms with Gasteiger partial charge in [-0.2, -0.15) is 0 Å². The molecule has 30 valence electrons. The van der Waals surface area contributed by atoms with E-state index in [9.17, 15) is 0 Å². The molecule has 0 aliphatic carbocycles. The maximum absolute atomic E-state index is 7.67. The average Bonchev–Trinajstić information content (AvgIpc) is 1.41. The molecule has 5 heavy (non-hydrogen) atoms. The van der Waals surface area contributed by atoms with Gasteiger partial charge in [-0.05, 0) is 0 Å². The Bertz CT molecular complexity index is 36.6. The molecule has 0 aromatic rings. The molecule has 0 radical (unpaired) electrons. The summed E-state index contributed by atoms with van der Waals surface area (Å²) in [6.07, 6.45) is 0. The maximum Gasteiger partial charge on any atom is 0.0703 e. The van der Waals surface area contributed by atoms with Crippen molar-refractivity contribution in [3.8, 4) is 0 Å². The molecule has 0 aromatic carbocycles. The lowest BCUT2D eigenvalue weighted by atomic mass is 11.7. The van der Waals surface area contributed by atoms with Crippen LogP contribution in [0.2, 0.25) is 6.55 Å². The van der Waals surface area contributed by atoms with Crippen molar-refractivity contribution in [2.45, 2.75) is 6.55 Å². The fourth-order valence-corrected chi connectivity index (χ4v) is 0.245. The lowest BCUT2D eigenvalue weighted by molar-refractivity contribution is 0.322. The SMILES string of the molecule is C[SiH2]C=NO. The summed E-state index contributed by atoms with van der Waals surface area (Å²) in [7, 11) is -0.128. The van der Waals surface area contributed by atoms with Gasteiger partial charge in [0.2, 0.25) is 0 Å². The molecule has 0 bridgehead atoms. The Hall–Kier alpha value is -0.313. The van der Waals surface area contributed by atoms with E-state index >= 15 is 0 Å². The second kappa shape index (κ2) is 3.69. The van der Waals surface area contributed by atoms with Gasteiger partial charge in [-0.15, -0.1) is 5.16 Å². The first-order chi connectivity index (χ1) is 2.41. The predicted molar refractivity (Wildman–Crippen MR) is 24.7 cm³/mol. The summed E-state index contributed by atoms with van der Waals surface area (Å²) in [6, 6.07) is 0. The van der Waals surface area contributed by atoms with Gasteiger partial charge in [0, 0.05) is 5.84 Å². The largest absolute Gasteiger partial charge is 0.411 e. The van der Waals surface area contributed by atoms with Crippen molar-refractivity contribution >= 4 is 15.4 Å². The van der Waals surface area contributed by atoms with Crippen molar-refractivity contribution in [3.63, 3.8) is 0 Å². The summed E-state index contributed by atoms with van der Waals surface area (Å²) in [5, 5.41) is 10.5. The molecule has 0 rings (SSSR count). The second-order valence-electron chi connectivity index (χ2n) is 0.706. The average molecular weight is 89.2 g/mol. The fourth-order valence-electron chi connectivity index (χ4n) is 0.0816. The summed E-state index contributed by atoms with van der Waals surface area (Å²) >= 11 is 0. The van der Waals surface area contributed by atoms with E-state index in [4.69, 9.17) is 5.21 Å². The highest BCUT2D eigenvalue weighted by Gasteiger charge is 1.57. The van der Waals surface area contributed by atoms with Crippen LogP contribution in [0.15, 0.2) is 5.16 Å². The Morgan fingerprint density at radius 2 is 2.60 bits per heavy atom. The normalized spacial score (nSPS) is 12.2. The van der Waals surface area contributed by atoms with E-state index in [0.29, 0.717) is 0 Å². The number of hydrogen-bond acceptors (Lipinski definition) is 2. The molecule has 0 atom stereocenters. The van der Waals surface area contributed by atoms with E-state index in [0.717, 1.165) is 0 Å². The maximum atomic E-state index is 7.67. The van der Waals surface area contributed by atoms with E-state index in [-0.39, 0.29) is 9.52 Å². The van der Waals surface area contributed by atoms with E-state index in [1.165, 1.54) is 0 Å². The van der Waals surface area contributed by atoms with Crippen LogP contribution in [0.25, 0.3) is 0 Å². The molecule has 0 spiro atoms. The monoisotopic (exact) mass is 89.0 g/mol. The van der Waals surface area contributed by atoms with Crippen molar-refractivity contribution in [1.82, 2.24) is 0 Å². The molecule has 1 N–H and O–H groups in total. The van der Waals surface area contributed by atoms with Gasteiger partial charge < -0.3 is 5.21 Å². The van der Waals surface area contributed by atoms with Crippen LogP contribution in [0.3, 0.4) is 0 Å². The lowest BCUT2D eigenvalue weighted by Gasteiger charge is -1.63. The quantitative estimate of drug-likeness (QED) is 0.202. The first-order valence-corrected chi connectivity index (χ1v) is 3.80. The molecule has 0 unspecified atom stereocenters. The van der Waals surface area contributed by atoms with Crippen molar-refractivity contribution < 1.29 is 5.21 Å². The van der Waals surface area contributed by atoms with Crippen LogP contribution in [-0.4, -0.2) is 20.6 Å². The number of rotatable bonds is 1. The van der Waals surface area contributed by atoms with Gasteiger partial charge in [0.1, 0.15) is 0 Å². The van der Waals surface area contributed by atoms with Gasteiger partial charge in [0.05, 0.1) is 9.52 Å². The molecular weight excluding hydrogens is 82.1 g/mol. The molecule has 3 heteroatoms. The minimum atomic E-state index is -0.128. The second-order valence-corrected chi connectivity index (χ2v) is 1.89. The summed E-state index contributed by atoms with van der Waals surface area (Å²) in [6.45, 7) is 2.04. The first-order valence-electron chi connectivity index (χ1n) is 1.57. The Kier molecular flexibility index (Phi) is 3.46. The predicted octanol–water partition coefficient (Wildman–Crippen LogP) is -0.379. The third kappa shape index (κ3) is 3.69. The van der Waals surface area contributed by atoms with E-state index in [1.54, 1.807) is 5.84 Å². The molecule has 0 aromatic heterocycles. The first kappa shape index (κ1) is 4.69. The lowest BCUT2D eigenvalue weighted by Crippen LogP contribution is -1.78. The minimum Gasteiger partial charge on any atom is -0.411 e. The summed E-state index contributed by atoms with van der Waals surface area (Å²) in [5.74, 6) is 1.57. The molecule has 0 aliphatic rings. The zero-order chi connectivity index (χ0) is 4.12. The van der Waals surface area contributed by atoms with Gasteiger partial charge in [0.25, 0.3) is 0 Å². The summed E-state index contributed by atoms with van der Waals surface area (Å²) < 4.78 is 0. The van der Waals surface area contributed by atoms with Gasteiger partial charge >= 0.3 is 0 Å². The highest BCUT2D eigenvalue weighted by atomic mass is 28.2. The van der Waals surface area contributed by atoms with Crippen LogP contribution in [0.5, 0.6) is 0 Å². The topological polar surface area (TPSA) is 32.6 Å². The smallest absolute Gasteiger partial charge is 0.0703 e. The Labute approximate surface area is 33.3 Å². The van der Waals surface area contributed by atoms with Gasteiger partial charge in [0.15, 0.2) is 0 Å². The Balaban J connectivity index is 2.62. The molecule has 0 amide bonds. The number of hydrogen-bond donors (Lipinski definition) is 1. The van der Waals surface area contributed by atoms with Gasteiger partial charge in [-0.3, -0.25) is 0 Å². The van der Waals surface area contributed by atoms with Crippen LogP contribution < -0.4 is 0 Å². The highest BCUT2D eigenvalue weighted by Crippen LogP contribution is 1.45. The fraction of sp³-hybridized carbons (Fsp3) is 0.500. The van der Waals surface area contributed by atoms with Crippen LogP contribution in [-0.2, 0) is 0 Å². The molecule has 2 nitrogen and oxygen atoms in total. The third-order valence-corrected chi connectivity index (χ3v) is 0.793. The zero-order valence-electron chi connectivity index (χ0n) is 3.18. The van der Waals surface area contributed by atoms with Crippen molar-refractivity contribution in [3.05, 3.63) is 0 Å². The van der Waals surface area contributed by atoms with Gasteiger partial charge in [-0.25, -0.2) is 0 Å². The molecule has 0 aliphatic heterocycles. The van der Waals surface area contributed by atoms with Crippen molar-refractivity contribution in [2.75, 3.05) is 0 Å². The van der Waals surface area contributed by atoms with Crippen molar-refractivity contribution in [2.24, 2.45) is 5.16 Å². The minimum absolute atomic E-state index is 0.128. The van der Waals surface area contributed by atoms with E-state index in [2.05, 4.69) is 5.16 Å². The van der Waals surface area contributed by atoms with Crippen LogP contribution in [0, 0.1) is 0 Å². The third-order valence-electron chi connectivity index (χ3n) is 0.264. The molecule has 0 heterocycles. The number of oxime groups is 1.